The van der Waals surface area contributed by atoms with E-state index in [4.69, 9.17) is 18.0 Å². The molecule has 1 aliphatic carbocycles. The Kier molecular flexibility index (Phi) is 4.17. The number of rotatable bonds is 4. The lowest BCUT2D eigenvalue weighted by atomic mass is 9.78. The van der Waals surface area contributed by atoms with Crippen molar-refractivity contribution in [1.29, 1.82) is 0 Å². The Labute approximate surface area is 124 Å². The number of H-pyrrole nitrogens is 1. The van der Waals surface area contributed by atoms with Crippen LogP contribution in [-0.2, 0) is 10.0 Å². The highest BCUT2D eigenvalue weighted by molar-refractivity contribution is 7.89. The fraction of sp³-hybridized carbons (Fsp3) is 0.667. The molecule has 1 heterocycles. The van der Waals surface area contributed by atoms with Gasteiger partial charge < -0.3 is 10.7 Å². The van der Waals surface area contributed by atoms with Crippen molar-refractivity contribution in [3.05, 3.63) is 12.0 Å². The molecule has 0 saturated heterocycles. The molecule has 0 amide bonds. The quantitative estimate of drug-likeness (QED) is 0.725. The van der Waals surface area contributed by atoms with E-state index >= 15 is 0 Å². The summed E-state index contributed by atoms with van der Waals surface area (Å²) in [5, 5.41) is 0.0456. The summed E-state index contributed by atoms with van der Waals surface area (Å²) in [6, 6.07) is 0. The summed E-state index contributed by atoms with van der Waals surface area (Å²) < 4.78 is 27.5. The number of aromatic nitrogens is 2. The predicted molar refractivity (Wildman–Crippen MR) is 80.8 cm³/mol. The molecular weight excluding hydrogens is 296 g/mol. The van der Waals surface area contributed by atoms with Crippen LogP contribution in [0.3, 0.4) is 0 Å². The van der Waals surface area contributed by atoms with E-state index < -0.39 is 15.6 Å². The fourth-order valence-electron chi connectivity index (χ4n) is 2.50. The standard InChI is InChI=1S/C12H20N4O2S2/c1-8-3-5-12(6-4-8,11(13)19)16-20(17,18)10-7-14-9(2)15-10/h7-8,16H,3-6H2,1-2H3,(H2,13,19)(H,14,15). The van der Waals surface area contributed by atoms with Crippen LogP contribution in [0.25, 0.3) is 0 Å². The normalized spacial score (nSPS) is 27.4. The molecule has 2 rings (SSSR count). The monoisotopic (exact) mass is 316 g/mol. The number of aryl methyl sites for hydroxylation is 1. The predicted octanol–water partition coefficient (Wildman–Crippen LogP) is 1.23. The van der Waals surface area contributed by atoms with Crippen LogP contribution in [0.5, 0.6) is 0 Å². The van der Waals surface area contributed by atoms with Crippen molar-refractivity contribution in [2.45, 2.75) is 50.1 Å². The molecule has 1 saturated carbocycles. The van der Waals surface area contributed by atoms with Crippen LogP contribution in [0.15, 0.2) is 11.2 Å². The number of nitrogens with zero attached hydrogens (tertiary/aromatic N) is 1. The number of imidazole rings is 1. The Morgan fingerprint density at radius 1 is 1.55 bits per heavy atom. The topological polar surface area (TPSA) is 101 Å². The lowest BCUT2D eigenvalue weighted by Crippen LogP contribution is -2.58. The van der Waals surface area contributed by atoms with Gasteiger partial charge in [-0.25, -0.2) is 13.4 Å². The summed E-state index contributed by atoms with van der Waals surface area (Å²) >= 11 is 5.11. The molecule has 1 aromatic rings. The second-order valence-corrected chi connectivity index (χ2v) is 7.66. The Morgan fingerprint density at radius 3 is 2.60 bits per heavy atom. The molecule has 1 aromatic heterocycles. The van der Waals surface area contributed by atoms with Crippen molar-refractivity contribution < 1.29 is 8.42 Å². The second-order valence-electron chi connectivity index (χ2n) is 5.57. The van der Waals surface area contributed by atoms with Crippen molar-refractivity contribution in [3.63, 3.8) is 0 Å². The molecule has 8 heteroatoms. The summed E-state index contributed by atoms with van der Waals surface area (Å²) in [5.41, 5.74) is 5.00. The van der Waals surface area contributed by atoms with E-state index in [0.717, 1.165) is 12.8 Å². The van der Waals surface area contributed by atoms with E-state index in [-0.39, 0.29) is 10.0 Å². The summed E-state index contributed by atoms with van der Waals surface area (Å²) in [7, 11) is -3.70. The van der Waals surface area contributed by atoms with Gasteiger partial charge in [0.1, 0.15) is 5.82 Å². The van der Waals surface area contributed by atoms with Gasteiger partial charge in [0.2, 0.25) is 0 Å². The van der Waals surface area contributed by atoms with Gasteiger partial charge in [-0.15, -0.1) is 0 Å². The number of nitrogens with two attached hydrogens (primary N) is 1. The smallest absolute Gasteiger partial charge is 0.258 e. The average Bonchev–Trinajstić information content (AvgIpc) is 2.79. The first-order chi connectivity index (χ1) is 9.25. The second kappa shape index (κ2) is 5.42. The van der Waals surface area contributed by atoms with Gasteiger partial charge in [-0.3, -0.25) is 0 Å². The molecule has 20 heavy (non-hydrogen) atoms. The summed E-state index contributed by atoms with van der Waals surface area (Å²) in [6.45, 7) is 3.85. The van der Waals surface area contributed by atoms with E-state index in [9.17, 15) is 8.42 Å². The molecular formula is C12H20N4O2S2. The number of sulfonamides is 1. The molecule has 1 aliphatic rings. The highest BCUT2D eigenvalue weighted by Gasteiger charge is 2.41. The summed E-state index contributed by atoms with van der Waals surface area (Å²) in [5.74, 6) is 1.11. The number of nitrogens with one attached hydrogen (secondary N) is 2. The molecule has 0 aliphatic heterocycles. The number of thiocarbonyl (C=S) groups is 1. The molecule has 6 nitrogen and oxygen atoms in total. The third-order valence-corrected chi connectivity index (χ3v) is 5.73. The molecule has 0 aromatic carbocycles. The summed E-state index contributed by atoms with van der Waals surface area (Å²) in [6.07, 6.45) is 4.38. The maximum Gasteiger partial charge on any atom is 0.258 e. The molecule has 0 radical (unpaired) electrons. The minimum absolute atomic E-state index is 0.0456. The van der Waals surface area contributed by atoms with Crippen LogP contribution in [0, 0.1) is 12.8 Å². The van der Waals surface area contributed by atoms with Crippen LogP contribution in [0.2, 0.25) is 0 Å². The lowest BCUT2D eigenvalue weighted by Gasteiger charge is -2.38. The molecule has 0 spiro atoms. The van der Waals surface area contributed by atoms with Crippen LogP contribution in [-0.4, -0.2) is 28.9 Å². The number of hydrogen-bond donors (Lipinski definition) is 3. The van der Waals surface area contributed by atoms with Gasteiger partial charge >= 0.3 is 0 Å². The van der Waals surface area contributed by atoms with Crippen molar-refractivity contribution in [3.8, 4) is 0 Å². The maximum absolute atomic E-state index is 12.4. The van der Waals surface area contributed by atoms with E-state index in [2.05, 4.69) is 21.6 Å². The van der Waals surface area contributed by atoms with Crippen molar-refractivity contribution >= 4 is 27.2 Å². The number of aromatic amines is 1. The minimum Gasteiger partial charge on any atom is -0.392 e. The zero-order valence-electron chi connectivity index (χ0n) is 11.6. The third kappa shape index (κ3) is 3.02. The zero-order valence-corrected chi connectivity index (χ0v) is 13.3. The van der Waals surface area contributed by atoms with Gasteiger partial charge in [-0.1, -0.05) is 19.1 Å². The van der Waals surface area contributed by atoms with E-state index in [0.29, 0.717) is 24.6 Å². The van der Waals surface area contributed by atoms with Crippen molar-refractivity contribution in [1.82, 2.24) is 14.7 Å². The Bertz CT molecular complexity index is 601. The third-order valence-electron chi connectivity index (χ3n) is 3.90. The maximum atomic E-state index is 12.4. The van der Waals surface area contributed by atoms with Gasteiger partial charge in [-0.2, -0.15) is 4.72 Å². The number of hydrogen-bond acceptors (Lipinski definition) is 4. The van der Waals surface area contributed by atoms with Crippen LogP contribution >= 0.6 is 12.2 Å². The average molecular weight is 316 g/mol. The van der Waals surface area contributed by atoms with Crippen molar-refractivity contribution in [2.24, 2.45) is 11.7 Å². The lowest BCUT2D eigenvalue weighted by molar-refractivity contribution is 0.289. The van der Waals surface area contributed by atoms with E-state index in [1.165, 1.54) is 6.20 Å². The fourth-order valence-corrected chi connectivity index (χ4v) is 4.23. The van der Waals surface area contributed by atoms with Crippen LogP contribution < -0.4 is 10.5 Å². The molecule has 112 valence electrons. The largest absolute Gasteiger partial charge is 0.392 e. The molecule has 0 atom stereocenters. The van der Waals surface area contributed by atoms with Gasteiger partial charge in [0.15, 0.2) is 5.03 Å². The Hall–Kier alpha value is -0.990. The first-order valence-electron chi connectivity index (χ1n) is 6.61. The SMILES string of the molecule is Cc1ncc(S(=O)(=O)NC2(C(N)=S)CCC(C)CC2)[nH]1. The van der Waals surface area contributed by atoms with Gasteiger partial charge in [-0.05, 0) is 38.5 Å². The first-order valence-corrected chi connectivity index (χ1v) is 8.50. The summed E-state index contributed by atoms with van der Waals surface area (Å²) in [4.78, 5) is 6.85. The highest BCUT2D eigenvalue weighted by atomic mass is 32.2. The van der Waals surface area contributed by atoms with Gasteiger partial charge in [0.05, 0.1) is 16.7 Å². The molecule has 0 bridgehead atoms. The van der Waals surface area contributed by atoms with Crippen LogP contribution in [0.4, 0.5) is 0 Å². The Morgan fingerprint density at radius 2 is 2.15 bits per heavy atom. The molecule has 1 fully saturated rings. The highest BCUT2D eigenvalue weighted by Crippen LogP contribution is 2.33. The Balaban J connectivity index is 2.27. The minimum atomic E-state index is -3.70. The van der Waals surface area contributed by atoms with E-state index in [1.807, 2.05) is 0 Å². The van der Waals surface area contributed by atoms with E-state index in [1.54, 1.807) is 6.92 Å². The van der Waals surface area contributed by atoms with Crippen molar-refractivity contribution in [2.75, 3.05) is 0 Å². The molecule has 0 unspecified atom stereocenters. The van der Waals surface area contributed by atoms with Gasteiger partial charge in [0.25, 0.3) is 10.0 Å². The van der Waals surface area contributed by atoms with Gasteiger partial charge in [0, 0.05) is 0 Å². The first kappa shape index (κ1) is 15.4. The zero-order chi connectivity index (χ0) is 15.0. The molecule has 4 N–H and O–H groups in total. The van der Waals surface area contributed by atoms with Crippen LogP contribution in [0.1, 0.15) is 38.4 Å².